The zero-order valence-electron chi connectivity index (χ0n) is 15.8. The van der Waals surface area contributed by atoms with Gasteiger partial charge < -0.3 is 9.80 Å². The van der Waals surface area contributed by atoms with Gasteiger partial charge in [0.05, 0.1) is 5.39 Å². The maximum absolute atomic E-state index is 5.13. The summed E-state index contributed by atoms with van der Waals surface area (Å²) in [4.78, 5) is 18.0. The van der Waals surface area contributed by atoms with E-state index in [0.717, 1.165) is 45.0 Å². The molecule has 136 valence electrons. The molecule has 1 unspecified atom stereocenters. The first-order valence-electron chi connectivity index (χ1n) is 10.0. The standard InChI is InChI=1S/C20H30N4S/c1-4-14(3)18-21-19(24-12-10-23(5-2)11-13-24)17-15-8-6-7-9-16(15)25-20(17)22-18/h14H,4-13H2,1-3H3. The van der Waals surface area contributed by atoms with Gasteiger partial charge in [0.2, 0.25) is 0 Å². The van der Waals surface area contributed by atoms with Crippen molar-refractivity contribution in [1.82, 2.24) is 14.9 Å². The van der Waals surface area contributed by atoms with Crippen LogP contribution in [0.5, 0.6) is 0 Å². The summed E-state index contributed by atoms with van der Waals surface area (Å²) in [5.41, 5.74) is 1.56. The van der Waals surface area contributed by atoms with Crippen LogP contribution >= 0.6 is 11.3 Å². The highest BCUT2D eigenvalue weighted by Crippen LogP contribution is 2.40. The monoisotopic (exact) mass is 358 g/mol. The molecule has 1 atom stereocenters. The van der Waals surface area contributed by atoms with E-state index in [1.54, 1.807) is 10.4 Å². The summed E-state index contributed by atoms with van der Waals surface area (Å²) in [5.74, 6) is 2.70. The number of hydrogen-bond acceptors (Lipinski definition) is 5. The van der Waals surface area contributed by atoms with Gasteiger partial charge in [0, 0.05) is 37.0 Å². The molecular formula is C20H30N4S. The smallest absolute Gasteiger partial charge is 0.141 e. The minimum Gasteiger partial charge on any atom is -0.353 e. The lowest BCUT2D eigenvalue weighted by Gasteiger charge is -2.35. The number of aromatic nitrogens is 2. The highest BCUT2D eigenvalue weighted by atomic mass is 32.1. The van der Waals surface area contributed by atoms with Crippen molar-refractivity contribution in [2.45, 2.75) is 58.8 Å². The van der Waals surface area contributed by atoms with E-state index in [1.165, 1.54) is 41.7 Å². The molecule has 5 heteroatoms. The summed E-state index contributed by atoms with van der Waals surface area (Å²) in [7, 11) is 0. The molecule has 1 aliphatic heterocycles. The minimum atomic E-state index is 0.430. The van der Waals surface area contributed by atoms with Crippen LogP contribution in [-0.2, 0) is 12.8 Å². The Labute approximate surface area is 155 Å². The summed E-state index contributed by atoms with van der Waals surface area (Å²) in [5, 5.41) is 1.39. The molecule has 0 amide bonds. The lowest BCUT2D eigenvalue weighted by Crippen LogP contribution is -2.46. The Morgan fingerprint density at radius 1 is 1.04 bits per heavy atom. The third-order valence-electron chi connectivity index (χ3n) is 5.99. The topological polar surface area (TPSA) is 32.3 Å². The van der Waals surface area contributed by atoms with Crippen LogP contribution in [0.15, 0.2) is 0 Å². The molecule has 2 aromatic heterocycles. The summed E-state index contributed by atoms with van der Waals surface area (Å²) >= 11 is 1.94. The van der Waals surface area contributed by atoms with Gasteiger partial charge in [0.25, 0.3) is 0 Å². The molecule has 0 radical (unpaired) electrons. The lowest BCUT2D eigenvalue weighted by molar-refractivity contribution is 0.270. The average Bonchev–Trinajstić information content (AvgIpc) is 3.05. The third-order valence-corrected chi connectivity index (χ3v) is 7.17. The summed E-state index contributed by atoms with van der Waals surface area (Å²) in [6.07, 6.45) is 6.19. The fraction of sp³-hybridized carbons (Fsp3) is 0.700. The Bertz CT molecular complexity index is 746. The number of aryl methyl sites for hydroxylation is 2. The van der Waals surface area contributed by atoms with Gasteiger partial charge in [-0.05, 0) is 44.2 Å². The highest BCUT2D eigenvalue weighted by Gasteiger charge is 2.26. The Morgan fingerprint density at radius 2 is 1.80 bits per heavy atom. The molecule has 1 aliphatic carbocycles. The van der Waals surface area contributed by atoms with Crippen LogP contribution in [0.1, 0.15) is 62.2 Å². The average molecular weight is 359 g/mol. The largest absolute Gasteiger partial charge is 0.353 e. The van der Waals surface area contributed by atoms with Gasteiger partial charge in [-0.25, -0.2) is 9.97 Å². The van der Waals surface area contributed by atoms with Gasteiger partial charge in [-0.2, -0.15) is 0 Å². The number of fused-ring (bicyclic) bond motifs is 3. The van der Waals surface area contributed by atoms with Gasteiger partial charge in [-0.3, -0.25) is 0 Å². The predicted molar refractivity (Wildman–Crippen MR) is 107 cm³/mol. The zero-order valence-corrected chi connectivity index (χ0v) is 16.7. The van der Waals surface area contributed by atoms with E-state index < -0.39 is 0 Å². The van der Waals surface area contributed by atoms with E-state index in [4.69, 9.17) is 9.97 Å². The number of thiophene rings is 1. The molecule has 2 aromatic rings. The Morgan fingerprint density at radius 3 is 2.52 bits per heavy atom. The molecule has 0 spiro atoms. The van der Waals surface area contributed by atoms with Crippen molar-refractivity contribution < 1.29 is 0 Å². The Balaban J connectivity index is 1.80. The maximum Gasteiger partial charge on any atom is 0.141 e. The maximum atomic E-state index is 5.13. The number of rotatable bonds is 4. The van der Waals surface area contributed by atoms with Crippen LogP contribution in [0.2, 0.25) is 0 Å². The molecule has 4 rings (SSSR count). The number of nitrogens with zero attached hydrogens (tertiary/aromatic N) is 4. The highest BCUT2D eigenvalue weighted by molar-refractivity contribution is 7.19. The van der Waals surface area contributed by atoms with Gasteiger partial charge in [0.15, 0.2) is 0 Å². The number of likely N-dealkylation sites (N-methyl/N-ethyl adjacent to an activating group) is 1. The van der Waals surface area contributed by atoms with Crippen molar-refractivity contribution in [3.05, 3.63) is 16.3 Å². The van der Waals surface area contributed by atoms with E-state index in [-0.39, 0.29) is 0 Å². The molecule has 0 bridgehead atoms. The molecule has 25 heavy (non-hydrogen) atoms. The molecule has 0 N–H and O–H groups in total. The second-order valence-electron chi connectivity index (χ2n) is 7.53. The van der Waals surface area contributed by atoms with Crippen molar-refractivity contribution in [3.63, 3.8) is 0 Å². The Hall–Kier alpha value is -1.20. The second kappa shape index (κ2) is 7.20. The molecule has 1 fully saturated rings. The van der Waals surface area contributed by atoms with E-state index in [9.17, 15) is 0 Å². The van der Waals surface area contributed by atoms with Crippen molar-refractivity contribution in [1.29, 1.82) is 0 Å². The molecule has 0 aromatic carbocycles. The van der Waals surface area contributed by atoms with Gasteiger partial charge in [-0.15, -0.1) is 11.3 Å². The molecule has 4 nitrogen and oxygen atoms in total. The first kappa shape index (κ1) is 17.2. The van der Waals surface area contributed by atoms with Gasteiger partial charge >= 0.3 is 0 Å². The van der Waals surface area contributed by atoms with Gasteiger partial charge in [-0.1, -0.05) is 20.8 Å². The quantitative estimate of drug-likeness (QED) is 0.819. The second-order valence-corrected chi connectivity index (χ2v) is 8.61. The number of piperazine rings is 1. The first-order valence-corrected chi connectivity index (χ1v) is 10.8. The van der Waals surface area contributed by atoms with E-state index in [0.29, 0.717) is 5.92 Å². The molecule has 0 saturated carbocycles. The zero-order chi connectivity index (χ0) is 17.4. The Kier molecular flexibility index (Phi) is 4.96. The molecule has 1 saturated heterocycles. The van der Waals surface area contributed by atoms with Crippen LogP contribution in [0.4, 0.5) is 5.82 Å². The van der Waals surface area contributed by atoms with Crippen molar-refractivity contribution in [3.8, 4) is 0 Å². The van der Waals surface area contributed by atoms with Gasteiger partial charge in [0.1, 0.15) is 16.5 Å². The normalized spacial score (nSPS) is 20.0. The van der Waals surface area contributed by atoms with Crippen LogP contribution in [0.25, 0.3) is 10.2 Å². The SMILES string of the molecule is CCC(C)c1nc(N2CCN(CC)CC2)c2c3c(sc2n1)CCCC3. The minimum absolute atomic E-state index is 0.430. The van der Waals surface area contributed by atoms with E-state index >= 15 is 0 Å². The van der Waals surface area contributed by atoms with E-state index in [2.05, 4.69) is 30.6 Å². The predicted octanol–water partition coefficient (Wildman–Crippen LogP) is 4.23. The molecular weight excluding hydrogens is 328 g/mol. The summed E-state index contributed by atoms with van der Waals surface area (Å²) < 4.78 is 0. The summed E-state index contributed by atoms with van der Waals surface area (Å²) in [6, 6.07) is 0. The van der Waals surface area contributed by atoms with Crippen LogP contribution in [0.3, 0.4) is 0 Å². The number of hydrogen-bond donors (Lipinski definition) is 0. The first-order chi connectivity index (χ1) is 12.2. The molecule has 2 aliphatic rings. The number of anilines is 1. The fourth-order valence-electron chi connectivity index (χ4n) is 4.06. The third kappa shape index (κ3) is 3.17. The van der Waals surface area contributed by atoms with Crippen molar-refractivity contribution >= 4 is 27.4 Å². The van der Waals surface area contributed by atoms with E-state index in [1.807, 2.05) is 11.3 Å². The lowest BCUT2D eigenvalue weighted by atomic mass is 9.96. The van der Waals surface area contributed by atoms with Crippen LogP contribution in [-0.4, -0.2) is 47.6 Å². The van der Waals surface area contributed by atoms with Crippen LogP contribution < -0.4 is 4.90 Å². The van der Waals surface area contributed by atoms with Crippen molar-refractivity contribution in [2.75, 3.05) is 37.6 Å². The fourth-order valence-corrected chi connectivity index (χ4v) is 5.32. The van der Waals surface area contributed by atoms with Crippen LogP contribution in [0, 0.1) is 0 Å². The molecule has 3 heterocycles. The summed E-state index contributed by atoms with van der Waals surface area (Å²) in [6.45, 7) is 12.4. The van der Waals surface area contributed by atoms with Crippen molar-refractivity contribution in [2.24, 2.45) is 0 Å².